The first kappa shape index (κ1) is 14.9. The fraction of sp³-hybridized carbons (Fsp3) is 0.286. The number of ether oxygens (including phenoxy) is 2. The van der Waals surface area contributed by atoms with E-state index in [1.54, 1.807) is 42.4 Å². The third-order valence-electron chi connectivity index (χ3n) is 2.88. The molecule has 0 unspecified atom stereocenters. The van der Waals surface area contributed by atoms with Gasteiger partial charge < -0.3 is 20.5 Å². The molecule has 0 atom stereocenters. The minimum absolute atomic E-state index is 0.301. The Morgan fingerprint density at radius 1 is 1.43 bits per heavy atom. The summed E-state index contributed by atoms with van der Waals surface area (Å²) in [5.41, 5.74) is 7.18. The molecule has 7 nitrogen and oxygen atoms in total. The molecule has 112 valence electrons. The van der Waals surface area contributed by atoms with E-state index in [9.17, 15) is 4.79 Å². The van der Waals surface area contributed by atoms with Crippen molar-refractivity contribution in [3.63, 3.8) is 0 Å². The number of aromatic nitrogens is 2. The summed E-state index contributed by atoms with van der Waals surface area (Å²) in [6.07, 6.45) is 3.31. The van der Waals surface area contributed by atoms with Crippen molar-refractivity contribution < 1.29 is 14.3 Å². The van der Waals surface area contributed by atoms with Gasteiger partial charge in [0.1, 0.15) is 5.75 Å². The maximum Gasteiger partial charge on any atom is 0.259 e. The number of nitrogens with one attached hydrogen (secondary N) is 1. The van der Waals surface area contributed by atoms with Crippen LogP contribution in [-0.4, -0.2) is 36.5 Å². The van der Waals surface area contributed by atoms with Crippen molar-refractivity contribution in [2.24, 2.45) is 0 Å². The fourth-order valence-corrected chi connectivity index (χ4v) is 1.84. The van der Waals surface area contributed by atoms with E-state index in [1.165, 1.54) is 7.11 Å². The van der Waals surface area contributed by atoms with Gasteiger partial charge >= 0.3 is 0 Å². The second-order valence-corrected chi connectivity index (χ2v) is 4.40. The van der Waals surface area contributed by atoms with Gasteiger partial charge in [0, 0.05) is 19.0 Å². The van der Waals surface area contributed by atoms with Crippen LogP contribution in [0.2, 0.25) is 0 Å². The molecule has 21 heavy (non-hydrogen) atoms. The summed E-state index contributed by atoms with van der Waals surface area (Å²) < 4.78 is 11.8. The first-order valence-electron chi connectivity index (χ1n) is 6.40. The smallest absolute Gasteiger partial charge is 0.259 e. The number of nitrogen functional groups attached to an aromatic ring is 1. The highest BCUT2D eigenvalue weighted by Gasteiger charge is 2.13. The van der Waals surface area contributed by atoms with Crippen LogP contribution < -0.4 is 15.8 Å². The van der Waals surface area contributed by atoms with Gasteiger partial charge in [-0.15, -0.1) is 0 Å². The van der Waals surface area contributed by atoms with Gasteiger partial charge in [-0.3, -0.25) is 9.48 Å². The predicted octanol–water partition coefficient (Wildman–Crippen LogP) is 1.37. The summed E-state index contributed by atoms with van der Waals surface area (Å²) in [5.74, 6) is 0.166. The van der Waals surface area contributed by atoms with Gasteiger partial charge in [0.2, 0.25) is 0 Å². The molecule has 1 aromatic heterocycles. The second-order valence-electron chi connectivity index (χ2n) is 4.40. The minimum atomic E-state index is -0.301. The zero-order valence-corrected chi connectivity index (χ0v) is 12.0. The van der Waals surface area contributed by atoms with Crippen molar-refractivity contribution in [3.05, 3.63) is 36.2 Å². The van der Waals surface area contributed by atoms with Crippen LogP contribution in [0.1, 0.15) is 10.4 Å². The standard InChI is InChI=1S/C14H18N4O3/c1-20-6-5-18-9-11(8-16-18)17-14(19)12-7-10(15)3-4-13(12)21-2/h3-4,7-9H,5-6,15H2,1-2H3,(H,17,19). The average molecular weight is 290 g/mol. The lowest BCUT2D eigenvalue weighted by atomic mass is 10.1. The maximum atomic E-state index is 12.3. The van der Waals surface area contributed by atoms with Crippen LogP contribution in [0, 0.1) is 0 Å². The van der Waals surface area contributed by atoms with Crippen LogP contribution in [0.25, 0.3) is 0 Å². The lowest BCUT2D eigenvalue weighted by Crippen LogP contribution is -2.13. The van der Waals surface area contributed by atoms with Crippen LogP contribution >= 0.6 is 0 Å². The van der Waals surface area contributed by atoms with E-state index in [0.29, 0.717) is 35.8 Å². The molecule has 2 aromatic rings. The van der Waals surface area contributed by atoms with E-state index < -0.39 is 0 Å². The number of nitrogens with two attached hydrogens (primary N) is 1. The third kappa shape index (κ3) is 3.73. The highest BCUT2D eigenvalue weighted by Crippen LogP contribution is 2.22. The maximum absolute atomic E-state index is 12.3. The first-order chi connectivity index (χ1) is 10.1. The lowest BCUT2D eigenvalue weighted by Gasteiger charge is -2.09. The molecule has 1 heterocycles. The molecule has 7 heteroatoms. The van der Waals surface area contributed by atoms with E-state index in [0.717, 1.165) is 0 Å². The van der Waals surface area contributed by atoms with Gasteiger partial charge in [-0.1, -0.05) is 0 Å². The topological polar surface area (TPSA) is 91.4 Å². The Hall–Kier alpha value is -2.54. The third-order valence-corrected chi connectivity index (χ3v) is 2.88. The molecule has 1 aromatic carbocycles. The molecule has 1 amide bonds. The molecular weight excluding hydrogens is 272 g/mol. The number of methoxy groups -OCH3 is 2. The molecule has 3 N–H and O–H groups in total. The number of amides is 1. The van der Waals surface area contributed by atoms with Crippen LogP contribution in [-0.2, 0) is 11.3 Å². The van der Waals surface area contributed by atoms with Crippen molar-refractivity contribution in [3.8, 4) is 5.75 Å². The zero-order valence-electron chi connectivity index (χ0n) is 12.0. The molecule has 0 spiro atoms. The van der Waals surface area contributed by atoms with Gasteiger partial charge in [-0.05, 0) is 18.2 Å². The Morgan fingerprint density at radius 3 is 2.95 bits per heavy atom. The van der Waals surface area contributed by atoms with E-state index in [2.05, 4.69) is 10.4 Å². The first-order valence-corrected chi connectivity index (χ1v) is 6.40. The van der Waals surface area contributed by atoms with E-state index in [1.807, 2.05) is 0 Å². The van der Waals surface area contributed by atoms with Gasteiger partial charge in [0.25, 0.3) is 5.91 Å². The Bertz CT molecular complexity index is 624. The van der Waals surface area contributed by atoms with Crippen LogP contribution in [0.5, 0.6) is 5.75 Å². The van der Waals surface area contributed by atoms with Crippen molar-refractivity contribution in [2.75, 3.05) is 31.9 Å². The number of hydrogen-bond acceptors (Lipinski definition) is 5. The normalized spacial score (nSPS) is 10.4. The molecule has 0 aliphatic carbocycles. The SMILES string of the molecule is COCCn1cc(NC(=O)c2cc(N)ccc2OC)cn1. The highest BCUT2D eigenvalue weighted by atomic mass is 16.5. The van der Waals surface area contributed by atoms with Crippen LogP contribution in [0.15, 0.2) is 30.6 Å². The van der Waals surface area contributed by atoms with E-state index >= 15 is 0 Å². The van der Waals surface area contributed by atoms with Crippen molar-refractivity contribution in [1.82, 2.24) is 9.78 Å². The molecule has 0 aliphatic rings. The lowest BCUT2D eigenvalue weighted by molar-refractivity contribution is 0.102. The summed E-state index contributed by atoms with van der Waals surface area (Å²) in [4.78, 5) is 12.3. The molecule has 0 radical (unpaired) electrons. The number of carbonyl (C=O) groups is 1. The Labute approximate surface area is 122 Å². The van der Waals surface area contributed by atoms with Gasteiger partial charge in [-0.25, -0.2) is 0 Å². The molecular formula is C14H18N4O3. The molecule has 0 saturated heterocycles. The van der Waals surface area contributed by atoms with E-state index in [4.69, 9.17) is 15.2 Å². The number of benzene rings is 1. The van der Waals surface area contributed by atoms with Gasteiger partial charge in [-0.2, -0.15) is 5.10 Å². The molecule has 0 aliphatic heterocycles. The van der Waals surface area contributed by atoms with Crippen LogP contribution in [0.3, 0.4) is 0 Å². The summed E-state index contributed by atoms with van der Waals surface area (Å²) in [5, 5.41) is 6.88. The molecule has 0 bridgehead atoms. The van der Waals surface area contributed by atoms with Crippen molar-refractivity contribution >= 4 is 17.3 Å². The average Bonchev–Trinajstić information content (AvgIpc) is 2.92. The van der Waals surface area contributed by atoms with E-state index in [-0.39, 0.29) is 5.91 Å². The van der Waals surface area contributed by atoms with Gasteiger partial charge in [0.15, 0.2) is 0 Å². The Kier molecular flexibility index (Phi) is 4.78. The summed E-state index contributed by atoms with van der Waals surface area (Å²) >= 11 is 0. The highest BCUT2D eigenvalue weighted by molar-refractivity contribution is 6.06. The summed E-state index contributed by atoms with van der Waals surface area (Å²) in [6.45, 7) is 1.17. The Morgan fingerprint density at radius 2 is 2.24 bits per heavy atom. The summed E-state index contributed by atoms with van der Waals surface area (Å²) in [6, 6.07) is 4.91. The Balaban J connectivity index is 2.10. The fourth-order valence-electron chi connectivity index (χ4n) is 1.84. The quantitative estimate of drug-likeness (QED) is 0.784. The number of rotatable bonds is 6. The van der Waals surface area contributed by atoms with Crippen molar-refractivity contribution in [2.45, 2.75) is 6.54 Å². The number of anilines is 2. The predicted molar refractivity (Wildman–Crippen MR) is 79.5 cm³/mol. The molecule has 0 saturated carbocycles. The minimum Gasteiger partial charge on any atom is -0.496 e. The number of carbonyl (C=O) groups excluding carboxylic acids is 1. The second kappa shape index (κ2) is 6.76. The van der Waals surface area contributed by atoms with Crippen molar-refractivity contribution in [1.29, 1.82) is 0 Å². The summed E-state index contributed by atoms with van der Waals surface area (Å²) in [7, 11) is 3.13. The molecule has 2 rings (SSSR count). The monoisotopic (exact) mass is 290 g/mol. The molecule has 0 fully saturated rings. The van der Waals surface area contributed by atoms with Crippen LogP contribution in [0.4, 0.5) is 11.4 Å². The number of hydrogen-bond donors (Lipinski definition) is 2. The largest absolute Gasteiger partial charge is 0.496 e. The zero-order chi connectivity index (χ0) is 15.2. The van der Waals surface area contributed by atoms with Gasteiger partial charge in [0.05, 0.1) is 37.7 Å². The number of nitrogens with zero attached hydrogens (tertiary/aromatic N) is 2.